The second-order valence-electron chi connectivity index (χ2n) is 2.16. The fourth-order valence-corrected chi connectivity index (χ4v) is 0.879. The lowest BCUT2D eigenvalue weighted by molar-refractivity contribution is 0.562. The molecular weight excluding hydrogens is 181 g/mol. The van der Waals surface area contributed by atoms with E-state index < -0.39 is 5.82 Å². The number of nitrogens with zero attached hydrogens (tertiary/aromatic N) is 1. The van der Waals surface area contributed by atoms with Crippen molar-refractivity contribution in [3.63, 3.8) is 0 Å². The minimum Gasteiger partial charge on any atom is -0.211 e. The molecule has 1 aromatic carbocycles. The Morgan fingerprint density at radius 2 is 2.33 bits per heavy atom. The first kappa shape index (κ1) is 8.91. The van der Waals surface area contributed by atoms with E-state index in [2.05, 4.69) is 4.99 Å². The molecule has 0 amide bonds. The van der Waals surface area contributed by atoms with E-state index in [1.54, 1.807) is 6.07 Å². The first-order valence-corrected chi connectivity index (χ1v) is 3.59. The second kappa shape index (κ2) is 4.00. The van der Waals surface area contributed by atoms with Crippen molar-refractivity contribution in [3.8, 4) is 0 Å². The minimum absolute atomic E-state index is 0.0637. The molecule has 0 atom stereocenters. The number of rotatable bonds is 2. The van der Waals surface area contributed by atoms with Crippen LogP contribution in [0.15, 0.2) is 23.2 Å². The maximum atomic E-state index is 12.7. The molecule has 2 nitrogen and oxygen atoms in total. The molecular formula is C8H5ClFNO. The molecule has 1 rings (SSSR count). The fourth-order valence-electron chi connectivity index (χ4n) is 0.762. The number of hydrogen-bond acceptors (Lipinski definition) is 2. The zero-order valence-electron chi connectivity index (χ0n) is 6.05. The van der Waals surface area contributed by atoms with Crippen LogP contribution in [0, 0.1) is 5.82 Å². The van der Waals surface area contributed by atoms with E-state index in [4.69, 9.17) is 11.6 Å². The van der Waals surface area contributed by atoms with E-state index in [-0.39, 0.29) is 11.6 Å². The van der Waals surface area contributed by atoms with Gasteiger partial charge in [-0.1, -0.05) is 17.7 Å². The van der Waals surface area contributed by atoms with Gasteiger partial charge in [-0.3, -0.25) is 0 Å². The van der Waals surface area contributed by atoms with Gasteiger partial charge in [0.15, 0.2) is 0 Å². The van der Waals surface area contributed by atoms with Crippen LogP contribution in [0.2, 0.25) is 5.02 Å². The van der Waals surface area contributed by atoms with Crippen molar-refractivity contribution in [1.29, 1.82) is 0 Å². The van der Waals surface area contributed by atoms with Gasteiger partial charge in [-0.25, -0.2) is 14.2 Å². The summed E-state index contributed by atoms with van der Waals surface area (Å²) in [5, 5.41) is 0.0637. The highest BCUT2D eigenvalue weighted by molar-refractivity contribution is 6.30. The summed E-state index contributed by atoms with van der Waals surface area (Å²) in [6.07, 6.45) is 1.37. The largest absolute Gasteiger partial charge is 0.235 e. The predicted octanol–water partition coefficient (Wildman–Crippen LogP) is 2.31. The molecule has 0 saturated carbocycles. The summed E-state index contributed by atoms with van der Waals surface area (Å²) in [6.45, 7) is 0.136. The Balaban J connectivity index is 2.89. The fraction of sp³-hybridized carbons (Fsp3) is 0.125. The average molecular weight is 186 g/mol. The molecule has 0 aliphatic carbocycles. The quantitative estimate of drug-likeness (QED) is 0.514. The first-order valence-electron chi connectivity index (χ1n) is 3.21. The zero-order valence-corrected chi connectivity index (χ0v) is 6.81. The molecule has 0 aliphatic heterocycles. The molecule has 0 saturated heterocycles. The van der Waals surface area contributed by atoms with Gasteiger partial charge < -0.3 is 0 Å². The van der Waals surface area contributed by atoms with E-state index in [1.165, 1.54) is 18.2 Å². The Labute approximate surface area is 73.7 Å². The summed E-state index contributed by atoms with van der Waals surface area (Å²) in [6, 6.07) is 4.27. The highest BCUT2D eigenvalue weighted by atomic mass is 35.5. The second-order valence-corrected chi connectivity index (χ2v) is 2.56. The Kier molecular flexibility index (Phi) is 2.97. The molecule has 0 radical (unpaired) electrons. The maximum absolute atomic E-state index is 12.7. The average Bonchev–Trinajstić information content (AvgIpc) is 2.07. The summed E-state index contributed by atoms with van der Waals surface area (Å²) in [7, 11) is 0. The smallest absolute Gasteiger partial charge is 0.211 e. The lowest BCUT2D eigenvalue weighted by atomic mass is 10.2. The van der Waals surface area contributed by atoms with E-state index in [0.29, 0.717) is 5.56 Å². The molecule has 0 aromatic heterocycles. The molecule has 0 unspecified atom stereocenters. The van der Waals surface area contributed by atoms with Crippen molar-refractivity contribution >= 4 is 17.7 Å². The Morgan fingerprint density at radius 3 is 2.92 bits per heavy atom. The van der Waals surface area contributed by atoms with Crippen molar-refractivity contribution in [1.82, 2.24) is 0 Å². The molecule has 62 valence electrons. The number of carbonyl (C=O) groups excluding carboxylic acids is 1. The topological polar surface area (TPSA) is 29.4 Å². The molecule has 4 heteroatoms. The van der Waals surface area contributed by atoms with Crippen LogP contribution >= 0.6 is 11.6 Å². The highest BCUT2D eigenvalue weighted by Crippen LogP contribution is 2.15. The summed E-state index contributed by atoms with van der Waals surface area (Å²) in [4.78, 5) is 13.0. The number of benzene rings is 1. The van der Waals surface area contributed by atoms with E-state index in [0.717, 1.165) is 0 Å². The highest BCUT2D eigenvalue weighted by Gasteiger charge is 1.99. The summed E-state index contributed by atoms with van der Waals surface area (Å²) >= 11 is 5.43. The van der Waals surface area contributed by atoms with Gasteiger partial charge in [-0.15, -0.1) is 0 Å². The van der Waals surface area contributed by atoms with Crippen LogP contribution in [-0.2, 0) is 11.3 Å². The number of hydrogen-bond donors (Lipinski definition) is 0. The standard InChI is InChI=1S/C8H5ClFNO/c9-7-2-1-6(3-8(7)10)4-11-5-12/h1-3H,4H2. The van der Waals surface area contributed by atoms with E-state index in [1.807, 2.05) is 0 Å². The molecule has 1 aromatic rings. The first-order chi connectivity index (χ1) is 5.74. The third-order valence-electron chi connectivity index (χ3n) is 1.31. The van der Waals surface area contributed by atoms with Gasteiger partial charge in [0.1, 0.15) is 5.82 Å². The van der Waals surface area contributed by atoms with Crippen LogP contribution in [0.3, 0.4) is 0 Å². The van der Waals surface area contributed by atoms with Gasteiger partial charge in [0.05, 0.1) is 11.6 Å². The zero-order chi connectivity index (χ0) is 8.97. The van der Waals surface area contributed by atoms with Crippen LogP contribution in [0.5, 0.6) is 0 Å². The third-order valence-corrected chi connectivity index (χ3v) is 1.62. The van der Waals surface area contributed by atoms with Crippen molar-refractivity contribution in [2.45, 2.75) is 6.54 Å². The summed E-state index contributed by atoms with van der Waals surface area (Å²) in [5.74, 6) is -0.504. The number of aliphatic imine (C=N–C) groups is 1. The summed E-state index contributed by atoms with van der Waals surface area (Å²) in [5.41, 5.74) is 0.597. The van der Waals surface area contributed by atoms with E-state index >= 15 is 0 Å². The normalized spacial score (nSPS) is 9.17. The molecule has 0 heterocycles. The lowest BCUT2D eigenvalue weighted by Crippen LogP contribution is -1.83. The van der Waals surface area contributed by atoms with Gasteiger partial charge in [0.25, 0.3) is 0 Å². The monoisotopic (exact) mass is 185 g/mol. The van der Waals surface area contributed by atoms with Crippen LogP contribution in [0.4, 0.5) is 4.39 Å². The van der Waals surface area contributed by atoms with Crippen LogP contribution < -0.4 is 0 Å². The van der Waals surface area contributed by atoms with Gasteiger partial charge in [0.2, 0.25) is 6.08 Å². The predicted molar refractivity (Wildman–Crippen MR) is 43.2 cm³/mol. The van der Waals surface area contributed by atoms with Crippen LogP contribution in [0.1, 0.15) is 5.56 Å². The van der Waals surface area contributed by atoms with Gasteiger partial charge in [-0.2, -0.15) is 0 Å². The Morgan fingerprint density at radius 1 is 1.58 bits per heavy atom. The third kappa shape index (κ3) is 2.16. The van der Waals surface area contributed by atoms with Crippen molar-refractivity contribution < 1.29 is 9.18 Å². The number of isocyanates is 1. The SMILES string of the molecule is O=C=NCc1ccc(Cl)c(F)c1. The Hall–Kier alpha value is -1.18. The molecule has 0 spiro atoms. The lowest BCUT2D eigenvalue weighted by Gasteiger charge is -1.96. The van der Waals surface area contributed by atoms with Crippen molar-refractivity contribution in [2.24, 2.45) is 4.99 Å². The van der Waals surface area contributed by atoms with Crippen molar-refractivity contribution in [2.75, 3.05) is 0 Å². The van der Waals surface area contributed by atoms with Gasteiger partial charge >= 0.3 is 0 Å². The molecule has 0 aliphatic rings. The van der Waals surface area contributed by atoms with E-state index in [9.17, 15) is 9.18 Å². The Bertz CT molecular complexity index is 334. The van der Waals surface area contributed by atoms with Gasteiger partial charge in [-0.05, 0) is 17.7 Å². The van der Waals surface area contributed by atoms with Crippen LogP contribution in [-0.4, -0.2) is 6.08 Å². The van der Waals surface area contributed by atoms with Gasteiger partial charge in [0, 0.05) is 0 Å². The van der Waals surface area contributed by atoms with Crippen molar-refractivity contribution in [3.05, 3.63) is 34.6 Å². The molecule has 0 N–H and O–H groups in total. The minimum atomic E-state index is -0.504. The van der Waals surface area contributed by atoms with Crippen LogP contribution in [0.25, 0.3) is 0 Å². The molecule has 0 fully saturated rings. The molecule has 0 bridgehead atoms. The maximum Gasteiger partial charge on any atom is 0.235 e. The molecule has 12 heavy (non-hydrogen) atoms. The summed E-state index contributed by atoms with van der Waals surface area (Å²) < 4.78 is 12.7. The number of halogens is 2.